The van der Waals surface area contributed by atoms with Crippen LogP contribution in [0, 0.1) is 0 Å². The monoisotopic (exact) mass is 194 g/mol. The number of hydrogen-bond acceptors (Lipinski definition) is 3. The minimum absolute atomic E-state index is 0.552. The quantitative estimate of drug-likeness (QED) is 0.734. The van der Waals surface area contributed by atoms with Crippen LogP contribution >= 0.6 is 0 Å². The highest BCUT2D eigenvalue weighted by Gasteiger charge is 2.11. The lowest BCUT2D eigenvalue weighted by Crippen LogP contribution is -2.22. The third-order valence-corrected chi connectivity index (χ3v) is 2.76. The van der Waals surface area contributed by atoms with Crippen LogP contribution in [0.1, 0.15) is 24.4 Å². The fourth-order valence-corrected chi connectivity index (χ4v) is 1.91. The van der Waals surface area contributed by atoms with E-state index in [2.05, 4.69) is 14.9 Å². The van der Waals surface area contributed by atoms with Crippen molar-refractivity contribution in [3.05, 3.63) is 17.7 Å². The number of likely N-dealkylation sites (tertiary alicyclic amines) is 1. The van der Waals surface area contributed by atoms with Crippen molar-refractivity contribution >= 4 is 0 Å². The summed E-state index contributed by atoms with van der Waals surface area (Å²) < 4.78 is 0. The first-order valence-corrected chi connectivity index (χ1v) is 5.33. The average Bonchev–Trinajstić information content (AvgIpc) is 2.86. The molecule has 2 rings (SSSR count). The molecule has 0 spiro atoms. The molecule has 0 atom stereocenters. The second-order valence-corrected chi connectivity index (χ2v) is 3.86. The van der Waals surface area contributed by atoms with Crippen molar-refractivity contribution in [3.63, 3.8) is 0 Å². The molecular weight excluding hydrogens is 176 g/mol. The van der Waals surface area contributed by atoms with Gasteiger partial charge in [0.25, 0.3) is 0 Å². The summed E-state index contributed by atoms with van der Waals surface area (Å²) in [5.74, 6) is 1.07. The van der Waals surface area contributed by atoms with E-state index in [1.54, 1.807) is 0 Å². The molecule has 1 fully saturated rings. The van der Waals surface area contributed by atoms with Gasteiger partial charge in [0.2, 0.25) is 0 Å². The number of aromatic amines is 1. The number of nitrogens with two attached hydrogens (primary N) is 1. The van der Waals surface area contributed by atoms with Crippen molar-refractivity contribution in [1.29, 1.82) is 0 Å². The normalized spacial score (nSPS) is 17.8. The molecule has 1 aromatic heterocycles. The minimum Gasteiger partial charge on any atom is -0.345 e. The fraction of sp³-hybridized carbons (Fsp3) is 0.700. The van der Waals surface area contributed by atoms with E-state index in [0.29, 0.717) is 6.54 Å². The van der Waals surface area contributed by atoms with E-state index >= 15 is 0 Å². The van der Waals surface area contributed by atoms with Crippen molar-refractivity contribution in [2.45, 2.75) is 25.8 Å². The van der Waals surface area contributed by atoms with Crippen LogP contribution in [-0.4, -0.2) is 34.5 Å². The van der Waals surface area contributed by atoms with E-state index in [-0.39, 0.29) is 0 Å². The van der Waals surface area contributed by atoms with Crippen LogP contribution < -0.4 is 5.73 Å². The van der Waals surface area contributed by atoms with E-state index in [1.807, 2.05) is 6.20 Å². The van der Waals surface area contributed by atoms with Crippen molar-refractivity contribution in [2.24, 2.45) is 5.73 Å². The van der Waals surface area contributed by atoms with Crippen molar-refractivity contribution in [1.82, 2.24) is 14.9 Å². The van der Waals surface area contributed by atoms with Crippen LogP contribution in [0.3, 0.4) is 0 Å². The summed E-state index contributed by atoms with van der Waals surface area (Å²) >= 11 is 0. The van der Waals surface area contributed by atoms with Gasteiger partial charge in [-0.2, -0.15) is 0 Å². The highest BCUT2D eigenvalue weighted by molar-refractivity contribution is 5.00. The summed E-state index contributed by atoms with van der Waals surface area (Å²) in [6.07, 6.45) is 5.55. The molecule has 1 aliphatic heterocycles. The highest BCUT2D eigenvalue weighted by atomic mass is 15.1. The Morgan fingerprint density at radius 3 is 2.86 bits per heavy atom. The number of imidazole rings is 1. The Bertz CT molecular complexity index is 275. The molecule has 14 heavy (non-hydrogen) atoms. The molecule has 3 N–H and O–H groups in total. The van der Waals surface area contributed by atoms with E-state index in [9.17, 15) is 0 Å². The van der Waals surface area contributed by atoms with Crippen LogP contribution in [0.4, 0.5) is 0 Å². The van der Waals surface area contributed by atoms with E-state index in [4.69, 9.17) is 5.73 Å². The Morgan fingerprint density at radius 2 is 2.21 bits per heavy atom. The van der Waals surface area contributed by atoms with Gasteiger partial charge < -0.3 is 15.6 Å². The van der Waals surface area contributed by atoms with E-state index in [1.165, 1.54) is 25.9 Å². The summed E-state index contributed by atoms with van der Waals surface area (Å²) in [7, 11) is 0. The molecule has 0 aromatic carbocycles. The molecule has 4 heteroatoms. The molecule has 0 unspecified atom stereocenters. The first kappa shape index (κ1) is 9.68. The maximum absolute atomic E-state index is 5.50. The maximum atomic E-state index is 5.50. The molecule has 4 nitrogen and oxygen atoms in total. The van der Waals surface area contributed by atoms with Crippen LogP contribution in [-0.2, 0) is 13.0 Å². The second-order valence-electron chi connectivity index (χ2n) is 3.86. The smallest absolute Gasteiger partial charge is 0.107 e. The Hall–Kier alpha value is -0.870. The summed E-state index contributed by atoms with van der Waals surface area (Å²) in [6.45, 7) is 4.18. The Labute approximate surface area is 84.5 Å². The third-order valence-electron chi connectivity index (χ3n) is 2.76. The largest absolute Gasteiger partial charge is 0.345 e. The minimum atomic E-state index is 0.552. The molecule has 1 saturated heterocycles. The first-order chi connectivity index (χ1) is 6.88. The predicted molar refractivity (Wildman–Crippen MR) is 55.9 cm³/mol. The first-order valence-electron chi connectivity index (χ1n) is 5.33. The second kappa shape index (κ2) is 4.57. The lowest BCUT2D eigenvalue weighted by molar-refractivity contribution is 0.341. The van der Waals surface area contributed by atoms with Gasteiger partial charge >= 0.3 is 0 Å². The zero-order chi connectivity index (χ0) is 9.80. The molecule has 0 aliphatic carbocycles. The van der Waals surface area contributed by atoms with Crippen molar-refractivity contribution < 1.29 is 0 Å². The van der Waals surface area contributed by atoms with Gasteiger partial charge in [-0.25, -0.2) is 4.98 Å². The molecule has 78 valence electrons. The van der Waals surface area contributed by atoms with Gasteiger partial charge in [0.1, 0.15) is 5.82 Å². The molecule has 1 aromatic rings. The van der Waals surface area contributed by atoms with Gasteiger partial charge in [0, 0.05) is 31.4 Å². The summed E-state index contributed by atoms with van der Waals surface area (Å²) in [6, 6.07) is 0. The van der Waals surface area contributed by atoms with E-state index < -0.39 is 0 Å². The molecule has 2 heterocycles. The van der Waals surface area contributed by atoms with Gasteiger partial charge in [-0.3, -0.25) is 0 Å². The van der Waals surface area contributed by atoms with Gasteiger partial charge in [-0.1, -0.05) is 0 Å². The number of aromatic nitrogens is 2. The summed E-state index contributed by atoms with van der Waals surface area (Å²) in [5.41, 5.74) is 6.53. The Morgan fingerprint density at radius 1 is 1.43 bits per heavy atom. The zero-order valence-corrected chi connectivity index (χ0v) is 8.50. The number of nitrogens with one attached hydrogen (secondary N) is 1. The van der Waals surface area contributed by atoms with Gasteiger partial charge in [-0.15, -0.1) is 0 Å². The number of H-pyrrole nitrogens is 1. The van der Waals surface area contributed by atoms with Crippen LogP contribution in [0.25, 0.3) is 0 Å². The summed E-state index contributed by atoms with van der Waals surface area (Å²) in [5, 5.41) is 0. The zero-order valence-electron chi connectivity index (χ0n) is 8.50. The fourth-order valence-electron chi connectivity index (χ4n) is 1.91. The van der Waals surface area contributed by atoms with Gasteiger partial charge in [0.05, 0.1) is 0 Å². The topological polar surface area (TPSA) is 57.9 Å². The van der Waals surface area contributed by atoms with Crippen LogP contribution in [0.5, 0.6) is 0 Å². The summed E-state index contributed by atoms with van der Waals surface area (Å²) in [4.78, 5) is 10.0. The standard InChI is InChI=1S/C10H18N4/c11-7-9-8-12-10(13-9)3-6-14-4-1-2-5-14/h8H,1-7,11H2,(H,12,13). The number of nitrogens with zero attached hydrogens (tertiary/aromatic N) is 2. The maximum Gasteiger partial charge on any atom is 0.107 e. The SMILES string of the molecule is NCc1cnc(CCN2CCCC2)[nH]1. The molecule has 0 bridgehead atoms. The number of hydrogen-bond donors (Lipinski definition) is 2. The lowest BCUT2D eigenvalue weighted by atomic mass is 10.4. The average molecular weight is 194 g/mol. The van der Waals surface area contributed by atoms with Crippen LogP contribution in [0.15, 0.2) is 6.20 Å². The third kappa shape index (κ3) is 2.33. The van der Waals surface area contributed by atoms with Crippen molar-refractivity contribution in [3.8, 4) is 0 Å². The predicted octanol–water partition coefficient (Wildman–Crippen LogP) is 0.507. The van der Waals surface area contributed by atoms with Gasteiger partial charge in [-0.05, 0) is 25.9 Å². The van der Waals surface area contributed by atoms with Crippen LogP contribution in [0.2, 0.25) is 0 Å². The lowest BCUT2D eigenvalue weighted by Gasteiger charge is -2.12. The Balaban J connectivity index is 1.79. The molecule has 0 saturated carbocycles. The highest BCUT2D eigenvalue weighted by Crippen LogP contribution is 2.07. The van der Waals surface area contributed by atoms with E-state index in [0.717, 1.165) is 24.5 Å². The van der Waals surface area contributed by atoms with Crippen molar-refractivity contribution in [2.75, 3.05) is 19.6 Å². The van der Waals surface area contributed by atoms with Gasteiger partial charge in [0.15, 0.2) is 0 Å². The number of rotatable bonds is 4. The molecule has 0 radical (unpaired) electrons. The molecule has 0 amide bonds. The molecular formula is C10H18N4. The molecule has 1 aliphatic rings. The Kier molecular flexibility index (Phi) is 3.16.